The number of aryl methyl sites for hydroxylation is 2. The Bertz CT molecular complexity index is 595. The Morgan fingerprint density at radius 1 is 1.12 bits per heavy atom. The first kappa shape index (κ1) is 18.7. The number of piperidine rings is 1. The van der Waals surface area contributed by atoms with Gasteiger partial charge in [-0.05, 0) is 76.7 Å². The Morgan fingerprint density at radius 3 is 2.33 bits per heavy atom. The molecular weight excluding hydrogens is 290 g/mol. The standard InChI is InChI=1S/C23H33N/c1-18(2)11-9-12-19(3)17-22(24-15-7-6-8-16-24)23-20(4)13-10-14-21(23)5/h9-14,22H,1,6-8,15-17H2,2-5H3/b11-9-,19-12-. The van der Waals surface area contributed by atoms with Gasteiger partial charge in [0.15, 0.2) is 0 Å². The molecule has 0 saturated carbocycles. The molecule has 0 bridgehead atoms. The molecule has 1 fully saturated rings. The fraction of sp³-hybridized carbons (Fsp3) is 0.478. The topological polar surface area (TPSA) is 3.24 Å². The highest BCUT2D eigenvalue weighted by atomic mass is 15.2. The second-order valence-electron chi connectivity index (χ2n) is 7.34. The van der Waals surface area contributed by atoms with Crippen LogP contribution in [-0.4, -0.2) is 18.0 Å². The van der Waals surface area contributed by atoms with Crippen molar-refractivity contribution in [2.45, 2.75) is 59.4 Å². The molecule has 0 amide bonds. The van der Waals surface area contributed by atoms with Crippen molar-refractivity contribution >= 4 is 0 Å². The Morgan fingerprint density at radius 2 is 1.75 bits per heavy atom. The number of allylic oxidation sites excluding steroid dienone is 4. The van der Waals surface area contributed by atoms with E-state index in [4.69, 9.17) is 0 Å². The van der Waals surface area contributed by atoms with Gasteiger partial charge in [-0.2, -0.15) is 0 Å². The average molecular weight is 324 g/mol. The highest BCUT2D eigenvalue weighted by Crippen LogP contribution is 2.34. The van der Waals surface area contributed by atoms with Crippen molar-refractivity contribution in [1.82, 2.24) is 4.90 Å². The largest absolute Gasteiger partial charge is 0.296 e. The summed E-state index contributed by atoms with van der Waals surface area (Å²) in [6.07, 6.45) is 11.6. The van der Waals surface area contributed by atoms with E-state index in [0.717, 1.165) is 12.0 Å². The summed E-state index contributed by atoms with van der Waals surface area (Å²) in [5, 5.41) is 0. The zero-order valence-corrected chi connectivity index (χ0v) is 15.9. The van der Waals surface area contributed by atoms with Gasteiger partial charge in [0.1, 0.15) is 0 Å². The normalized spacial score (nSPS) is 18.1. The van der Waals surface area contributed by atoms with Crippen LogP contribution in [0.15, 0.2) is 54.2 Å². The third-order valence-electron chi connectivity index (χ3n) is 4.98. The van der Waals surface area contributed by atoms with Crippen molar-refractivity contribution in [3.63, 3.8) is 0 Å². The lowest BCUT2D eigenvalue weighted by molar-refractivity contribution is 0.161. The molecule has 2 rings (SSSR count). The second-order valence-corrected chi connectivity index (χ2v) is 7.34. The fourth-order valence-corrected chi connectivity index (χ4v) is 3.75. The van der Waals surface area contributed by atoms with Crippen LogP contribution >= 0.6 is 0 Å². The lowest BCUT2D eigenvalue weighted by Gasteiger charge is -2.36. The van der Waals surface area contributed by atoms with Crippen LogP contribution < -0.4 is 0 Å². The Hall–Kier alpha value is -1.60. The summed E-state index contributed by atoms with van der Waals surface area (Å²) >= 11 is 0. The minimum Gasteiger partial charge on any atom is -0.296 e. The van der Waals surface area contributed by atoms with Crippen LogP contribution in [0.4, 0.5) is 0 Å². The fourth-order valence-electron chi connectivity index (χ4n) is 3.75. The minimum atomic E-state index is 0.501. The molecule has 0 aliphatic carbocycles. The van der Waals surface area contributed by atoms with Crippen LogP contribution in [0.5, 0.6) is 0 Å². The van der Waals surface area contributed by atoms with Gasteiger partial charge < -0.3 is 0 Å². The molecule has 1 heterocycles. The van der Waals surface area contributed by atoms with Gasteiger partial charge in [-0.3, -0.25) is 4.90 Å². The first-order valence-corrected chi connectivity index (χ1v) is 9.28. The monoisotopic (exact) mass is 323 g/mol. The molecule has 0 spiro atoms. The zero-order chi connectivity index (χ0) is 17.5. The van der Waals surface area contributed by atoms with E-state index in [1.807, 2.05) is 6.92 Å². The summed E-state index contributed by atoms with van der Waals surface area (Å²) in [5.74, 6) is 0. The third kappa shape index (κ3) is 5.21. The van der Waals surface area contributed by atoms with Crippen LogP contribution in [0, 0.1) is 13.8 Å². The maximum atomic E-state index is 3.93. The number of rotatable bonds is 6. The van der Waals surface area contributed by atoms with Gasteiger partial charge >= 0.3 is 0 Å². The molecule has 1 unspecified atom stereocenters. The molecule has 0 radical (unpaired) electrons. The predicted octanol–water partition coefficient (Wildman–Crippen LogP) is 6.30. The van der Waals surface area contributed by atoms with Crippen LogP contribution in [0.2, 0.25) is 0 Å². The van der Waals surface area contributed by atoms with Crippen LogP contribution in [-0.2, 0) is 0 Å². The summed E-state index contributed by atoms with van der Waals surface area (Å²) < 4.78 is 0. The molecule has 1 nitrogen and oxygen atoms in total. The maximum absolute atomic E-state index is 3.93. The number of likely N-dealkylation sites (tertiary alicyclic amines) is 1. The maximum Gasteiger partial charge on any atom is 0.0390 e. The molecule has 1 aliphatic rings. The Kier molecular flexibility index (Phi) is 7.05. The Labute approximate surface area is 148 Å². The van der Waals surface area contributed by atoms with Crippen molar-refractivity contribution in [3.8, 4) is 0 Å². The van der Waals surface area contributed by atoms with E-state index in [-0.39, 0.29) is 0 Å². The van der Waals surface area contributed by atoms with E-state index in [2.05, 4.69) is 68.7 Å². The van der Waals surface area contributed by atoms with E-state index >= 15 is 0 Å². The van der Waals surface area contributed by atoms with Crippen molar-refractivity contribution < 1.29 is 0 Å². The Balaban J connectivity index is 2.28. The summed E-state index contributed by atoms with van der Waals surface area (Å²) in [4.78, 5) is 2.71. The lowest BCUT2D eigenvalue weighted by Crippen LogP contribution is -2.34. The second kappa shape index (κ2) is 9.03. The van der Waals surface area contributed by atoms with Crippen molar-refractivity contribution in [1.29, 1.82) is 0 Å². The van der Waals surface area contributed by atoms with Gasteiger partial charge in [0, 0.05) is 6.04 Å². The van der Waals surface area contributed by atoms with Gasteiger partial charge in [0.25, 0.3) is 0 Å². The van der Waals surface area contributed by atoms with E-state index < -0.39 is 0 Å². The third-order valence-corrected chi connectivity index (χ3v) is 4.98. The van der Waals surface area contributed by atoms with Crippen molar-refractivity contribution in [2.75, 3.05) is 13.1 Å². The zero-order valence-electron chi connectivity index (χ0n) is 15.9. The van der Waals surface area contributed by atoms with Gasteiger partial charge in [-0.15, -0.1) is 0 Å². The molecule has 1 saturated heterocycles. The smallest absolute Gasteiger partial charge is 0.0390 e. The van der Waals surface area contributed by atoms with E-state index in [0.29, 0.717) is 6.04 Å². The summed E-state index contributed by atoms with van der Waals surface area (Å²) in [5.41, 5.74) is 6.93. The van der Waals surface area contributed by atoms with Crippen LogP contribution in [0.3, 0.4) is 0 Å². The number of hydrogen-bond acceptors (Lipinski definition) is 1. The van der Waals surface area contributed by atoms with Gasteiger partial charge in [0.05, 0.1) is 0 Å². The van der Waals surface area contributed by atoms with E-state index in [1.54, 1.807) is 0 Å². The minimum absolute atomic E-state index is 0.501. The molecule has 130 valence electrons. The van der Waals surface area contributed by atoms with Crippen LogP contribution in [0.25, 0.3) is 0 Å². The van der Waals surface area contributed by atoms with Crippen LogP contribution in [0.1, 0.15) is 62.3 Å². The summed E-state index contributed by atoms with van der Waals surface area (Å²) in [6, 6.07) is 7.21. The number of hydrogen-bond donors (Lipinski definition) is 0. The average Bonchev–Trinajstić information content (AvgIpc) is 2.54. The molecule has 1 atom stereocenters. The first-order valence-electron chi connectivity index (χ1n) is 9.28. The van der Waals surface area contributed by atoms with Gasteiger partial charge in [-0.1, -0.05) is 60.6 Å². The molecular formula is C23H33N. The SMILES string of the molecule is C=C(C)/C=C\C=C(\C)CC(c1c(C)cccc1C)N1CCCCC1. The lowest BCUT2D eigenvalue weighted by atomic mass is 9.89. The molecule has 0 N–H and O–H groups in total. The molecule has 1 aromatic carbocycles. The van der Waals surface area contributed by atoms with Gasteiger partial charge in [-0.25, -0.2) is 0 Å². The highest BCUT2D eigenvalue weighted by molar-refractivity contribution is 5.37. The quantitative estimate of drug-likeness (QED) is 0.555. The molecule has 0 aromatic heterocycles. The molecule has 1 heteroatoms. The van der Waals surface area contributed by atoms with Crippen molar-refractivity contribution in [3.05, 3.63) is 70.8 Å². The first-order chi connectivity index (χ1) is 11.5. The molecule has 1 aliphatic heterocycles. The highest BCUT2D eigenvalue weighted by Gasteiger charge is 2.24. The summed E-state index contributed by atoms with van der Waals surface area (Å²) in [6.45, 7) is 15.2. The van der Waals surface area contributed by atoms with E-state index in [1.165, 1.54) is 54.6 Å². The molecule has 1 aromatic rings. The number of benzene rings is 1. The predicted molar refractivity (Wildman–Crippen MR) is 106 cm³/mol. The molecule has 24 heavy (non-hydrogen) atoms. The van der Waals surface area contributed by atoms with Crippen molar-refractivity contribution in [2.24, 2.45) is 0 Å². The number of nitrogens with zero attached hydrogens (tertiary/aromatic N) is 1. The van der Waals surface area contributed by atoms with E-state index in [9.17, 15) is 0 Å². The van der Waals surface area contributed by atoms with Gasteiger partial charge in [0.2, 0.25) is 0 Å². The summed E-state index contributed by atoms with van der Waals surface area (Å²) in [7, 11) is 0.